The highest BCUT2D eigenvalue weighted by Crippen LogP contribution is 2.31. The third kappa shape index (κ3) is 4.42. The van der Waals surface area contributed by atoms with Crippen LogP contribution in [0, 0.1) is 6.92 Å². The predicted molar refractivity (Wildman–Crippen MR) is 116 cm³/mol. The third-order valence-electron chi connectivity index (χ3n) is 5.02. The zero-order chi connectivity index (χ0) is 21.6. The van der Waals surface area contributed by atoms with Crippen LogP contribution in [-0.4, -0.2) is 23.6 Å². The fourth-order valence-corrected chi connectivity index (χ4v) is 3.37. The van der Waals surface area contributed by atoms with E-state index >= 15 is 0 Å². The SMILES string of the molecule is CCc1cccc(C)c1NC(=O)COC(=O)C(O)(c1ccccc1)c1ccccc1. The summed E-state index contributed by atoms with van der Waals surface area (Å²) in [6, 6.07) is 22.9. The van der Waals surface area contributed by atoms with E-state index in [9.17, 15) is 14.7 Å². The Morgan fingerprint density at radius 1 is 0.900 bits per heavy atom. The number of hydrogen-bond donors (Lipinski definition) is 2. The Hall–Kier alpha value is -3.44. The molecule has 0 aliphatic rings. The number of para-hydroxylation sites is 1. The molecule has 0 spiro atoms. The highest BCUT2D eigenvalue weighted by atomic mass is 16.6. The molecule has 3 aromatic rings. The number of hydrogen-bond acceptors (Lipinski definition) is 4. The van der Waals surface area contributed by atoms with E-state index in [1.54, 1.807) is 60.7 Å². The molecule has 0 atom stereocenters. The highest BCUT2D eigenvalue weighted by molar-refractivity contribution is 5.95. The summed E-state index contributed by atoms with van der Waals surface area (Å²) in [5, 5.41) is 14.2. The van der Waals surface area contributed by atoms with Gasteiger partial charge in [-0.05, 0) is 35.6 Å². The summed E-state index contributed by atoms with van der Waals surface area (Å²) in [6.45, 7) is 3.41. The summed E-state index contributed by atoms with van der Waals surface area (Å²) in [5.41, 5.74) is 1.38. The topological polar surface area (TPSA) is 75.6 Å². The molecule has 30 heavy (non-hydrogen) atoms. The van der Waals surface area contributed by atoms with Crippen molar-refractivity contribution in [2.24, 2.45) is 0 Å². The van der Waals surface area contributed by atoms with Crippen molar-refractivity contribution in [1.29, 1.82) is 0 Å². The van der Waals surface area contributed by atoms with E-state index in [1.165, 1.54) is 0 Å². The monoisotopic (exact) mass is 403 g/mol. The van der Waals surface area contributed by atoms with Crippen LogP contribution in [0.3, 0.4) is 0 Å². The highest BCUT2D eigenvalue weighted by Gasteiger charge is 2.41. The molecule has 5 nitrogen and oxygen atoms in total. The number of esters is 1. The summed E-state index contributed by atoms with van der Waals surface area (Å²) in [6.07, 6.45) is 0.763. The molecule has 154 valence electrons. The average molecular weight is 403 g/mol. The van der Waals surface area contributed by atoms with Crippen LogP contribution in [0.5, 0.6) is 0 Å². The molecular weight excluding hydrogens is 378 g/mol. The smallest absolute Gasteiger partial charge is 0.348 e. The van der Waals surface area contributed by atoms with Crippen molar-refractivity contribution in [2.45, 2.75) is 25.9 Å². The average Bonchev–Trinajstić information content (AvgIpc) is 2.79. The normalized spacial score (nSPS) is 11.0. The van der Waals surface area contributed by atoms with Gasteiger partial charge in [0.05, 0.1) is 0 Å². The maximum atomic E-state index is 13.0. The number of amides is 1. The number of aryl methyl sites for hydroxylation is 2. The van der Waals surface area contributed by atoms with E-state index in [2.05, 4.69) is 5.32 Å². The Labute approximate surface area is 176 Å². The zero-order valence-electron chi connectivity index (χ0n) is 17.1. The van der Waals surface area contributed by atoms with Crippen molar-refractivity contribution in [2.75, 3.05) is 11.9 Å². The van der Waals surface area contributed by atoms with Gasteiger partial charge in [-0.15, -0.1) is 0 Å². The first-order chi connectivity index (χ1) is 14.5. The Kier molecular flexibility index (Phi) is 6.65. The Bertz CT molecular complexity index is 976. The second kappa shape index (κ2) is 9.37. The minimum atomic E-state index is -2.01. The molecule has 0 aromatic heterocycles. The summed E-state index contributed by atoms with van der Waals surface area (Å²) < 4.78 is 5.26. The Morgan fingerprint density at radius 3 is 2.00 bits per heavy atom. The largest absolute Gasteiger partial charge is 0.453 e. The fourth-order valence-electron chi connectivity index (χ4n) is 3.37. The first kappa shape index (κ1) is 21.3. The molecule has 0 saturated carbocycles. The number of ether oxygens (including phenoxy) is 1. The van der Waals surface area contributed by atoms with Gasteiger partial charge in [-0.1, -0.05) is 85.8 Å². The summed E-state index contributed by atoms with van der Waals surface area (Å²) in [5.74, 6) is -1.37. The fraction of sp³-hybridized carbons (Fsp3) is 0.200. The van der Waals surface area contributed by atoms with Crippen molar-refractivity contribution >= 4 is 17.6 Å². The summed E-state index contributed by atoms with van der Waals surface area (Å²) >= 11 is 0. The summed E-state index contributed by atoms with van der Waals surface area (Å²) in [4.78, 5) is 25.4. The first-order valence-corrected chi connectivity index (χ1v) is 9.85. The van der Waals surface area contributed by atoms with Gasteiger partial charge in [-0.25, -0.2) is 4.79 Å². The van der Waals surface area contributed by atoms with Crippen LogP contribution in [0.25, 0.3) is 0 Å². The maximum Gasteiger partial charge on any atom is 0.348 e. The van der Waals surface area contributed by atoms with Crippen molar-refractivity contribution in [3.8, 4) is 0 Å². The second-order valence-electron chi connectivity index (χ2n) is 7.03. The van der Waals surface area contributed by atoms with Gasteiger partial charge < -0.3 is 15.2 Å². The van der Waals surface area contributed by atoms with Crippen LogP contribution in [0.2, 0.25) is 0 Å². The number of anilines is 1. The number of benzene rings is 3. The van der Waals surface area contributed by atoms with E-state index in [4.69, 9.17) is 4.74 Å². The van der Waals surface area contributed by atoms with Crippen molar-refractivity contribution in [3.05, 3.63) is 101 Å². The molecule has 1 amide bonds. The van der Waals surface area contributed by atoms with Crippen LogP contribution in [0.4, 0.5) is 5.69 Å². The number of rotatable bonds is 7. The number of carbonyl (C=O) groups excluding carboxylic acids is 2. The van der Waals surface area contributed by atoms with E-state index < -0.39 is 24.1 Å². The molecule has 0 unspecified atom stereocenters. The Morgan fingerprint density at radius 2 is 1.47 bits per heavy atom. The zero-order valence-corrected chi connectivity index (χ0v) is 17.1. The van der Waals surface area contributed by atoms with Gasteiger partial charge in [-0.2, -0.15) is 0 Å². The van der Waals surface area contributed by atoms with Crippen LogP contribution < -0.4 is 5.32 Å². The minimum Gasteiger partial charge on any atom is -0.453 e. The summed E-state index contributed by atoms with van der Waals surface area (Å²) in [7, 11) is 0. The molecule has 0 fully saturated rings. The molecule has 0 aliphatic carbocycles. The van der Waals surface area contributed by atoms with Crippen LogP contribution in [0.15, 0.2) is 78.9 Å². The molecule has 3 aromatic carbocycles. The number of nitrogens with one attached hydrogen (secondary N) is 1. The lowest BCUT2D eigenvalue weighted by Gasteiger charge is -2.27. The van der Waals surface area contributed by atoms with E-state index in [0.29, 0.717) is 11.1 Å². The molecule has 0 radical (unpaired) electrons. The van der Waals surface area contributed by atoms with E-state index in [1.807, 2.05) is 32.0 Å². The number of carbonyl (C=O) groups is 2. The molecular formula is C25H25NO4. The maximum absolute atomic E-state index is 13.0. The van der Waals surface area contributed by atoms with Crippen LogP contribution in [-0.2, 0) is 26.3 Å². The van der Waals surface area contributed by atoms with Gasteiger partial charge in [0.15, 0.2) is 6.61 Å². The molecule has 0 heterocycles. The van der Waals surface area contributed by atoms with Gasteiger partial charge in [-0.3, -0.25) is 4.79 Å². The van der Waals surface area contributed by atoms with Gasteiger partial charge in [0, 0.05) is 5.69 Å². The second-order valence-corrected chi connectivity index (χ2v) is 7.03. The Balaban J connectivity index is 1.78. The molecule has 3 rings (SSSR count). The molecule has 0 aliphatic heterocycles. The van der Waals surface area contributed by atoms with Gasteiger partial charge in [0.1, 0.15) is 0 Å². The third-order valence-corrected chi connectivity index (χ3v) is 5.02. The van der Waals surface area contributed by atoms with Crippen molar-refractivity contribution in [1.82, 2.24) is 0 Å². The predicted octanol–water partition coefficient (Wildman–Crippen LogP) is 3.98. The molecule has 0 saturated heterocycles. The lowest BCUT2D eigenvalue weighted by atomic mass is 9.86. The minimum absolute atomic E-state index is 0.369. The molecule has 0 bridgehead atoms. The van der Waals surface area contributed by atoms with Crippen molar-refractivity contribution < 1.29 is 19.4 Å². The molecule has 5 heteroatoms. The van der Waals surface area contributed by atoms with Gasteiger partial charge in [0.25, 0.3) is 5.91 Å². The first-order valence-electron chi connectivity index (χ1n) is 9.85. The number of aliphatic hydroxyl groups is 1. The standard InChI is InChI=1S/C25H25NO4/c1-3-19-12-10-11-18(2)23(19)26-22(27)17-30-24(28)25(29,20-13-6-4-7-14-20)21-15-8-5-9-16-21/h4-16,29H,3,17H2,1-2H3,(H,26,27). The van der Waals surface area contributed by atoms with Gasteiger partial charge >= 0.3 is 5.97 Å². The molecule has 2 N–H and O–H groups in total. The van der Waals surface area contributed by atoms with E-state index in [0.717, 1.165) is 23.2 Å². The van der Waals surface area contributed by atoms with Crippen molar-refractivity contribution in [3.63, 3.8) is 0 Å². The lowest BCUT2D eigenvalue weighted by Crippen LogP contribution is -2.40. The van der Waals surface area contributed by atoms with Crippen LogP contribution in [0.1, 0.15) is 29.2 Å². The van der Waals surface area contributed by atoms with Gasteiger partial charge in [0.2, 0.25) is 5.60 Å². The van der Waals surface area contributed by atoms with E-state index in [-0.39, 0.29) is 0 Å². The van der Waals surface area contributed by atoms with Crippen LogP contribution >= 0.6 is 0 Å². The quantitative estimate of drug-likeness (QED) is 0.585. The lowest BCUT2D eigenvalue weighted by molar-refractivity contribution is -0.163.